The minimum atomic E-state index is 0.0255. The number of nitrogens with one attached hydrogen (secondary N) is 1. The van der Waals surface area contributed by atoms with Gasteiger partial charge < -0.3 is 15.1 Å². The molecule has 1 saturated carbocycles. The number of rotatable bonds is 3. The van der Waals surface area contributed by atoms with E-state index in [9.17, 15) is 4.79 Å². The molecule has 5 nitrogen and oxygen atoms in total. The zero-order valence-corrected chi connectivity index (χ0v) is 12.7. The summed E-state index contributed by atoms with van der Waals surface area (Å²) in [7, 11) is 3.52. The van der Waals surface area contributed by atoms with Gasteiger partial charge in [0.15, 0.2) is 5.96 Å². The largest absolute Gasteiger partial charge is 0.353 e. The van der Waals surface area contributed by atoms with Gasteiger partial charge in [0.25, 0.3) is 0 Å². The number of anilines is 1. The molecule has 1 aliphatic heterocycles. The minimum Gasteiger partial charge on any atom is -0.353 e. The van der Waals surface area contributed by atoms with E-state index < -0.39 is 0 Å². The first-order chi connectivity index (χ1) is 10.1. The van der Waals surface area contributed by atoms with E-state index in [2.05, 4.69) is 39.5 Å². The lowest BCUT2D eigenvalue weighted by atomic mass is 10.2. The highest BCUT2D eigenvalue weighted by molar-refractivity contribution is 5.99. The van der Waals surface area contributed by atoms with Crippen molar-refractivity contribution in [2.45, 2.75) is 25.3 Å². The van der Waals surface area contributed by atoms with Gasteiger partial charge in [-0.1, -0.05) is 18.2 Å². The van der Waals surface area contributed by atoms with E-state index in [1.165, 1.54) is 24.1 Å². The summed E-state index contributed by atoms with van der Waals surface area (Å²) < 4.78 is 0. The Hall–Kier alpha value is -2.04. The number of benzene rings is 1. The van der Waals surface area contributed by atoms with Crippen LogP contribution in [-0.4, -0.2) is 50.0 Å². The number of hydrogen-bond donors (Lipinski definition) is 1. The van der Waals surface area contributed by atoms with Crippen LogP contribution in [0.5, 0.6) is 0 Å². The average molecular weight is 286 g/mol. The van der Waals surface area contributed by atoms with Gasteiger partial charge in [0, 0.05) is 32.4 Å². The van der Waals surface area contributed by atoms with Crippen LogP contribution in [0.25, 0.3) is 0 Å². The smallest absolute Gasteiger partial charge is 0.243 e. The van der Waals surface area contributed by atoms with Crippen LogP contribution in [0.3, 0.4) is 0 Å². The lowest BCUT2D eigenvalue weighted by Gasteiger charge is -2.23. The highest BCUT2D eigenvalue weighted by atomic mass is 16.2. The highest BCUT2D eigenvalue weighted by Gasteiger charge is 2.28. The fourth-order valence-electron chi connectivity index (χ4n) is 2.46. The molecule has 5 heteroatoms. The minimum absolute atomic E-state index is 0.0255. The summed E-state index contributed by atoms with van der Waals surface area (Å²) in [6.07, 6.45) is 3.41. The van der Waals surface area contributed by atoms with E-state index in [4.69, 9.17) is 0 Å². The third-order valence-corrected chi connectivity index (χ3v) is 3.92. The van der Waals surface area contributed by atoms with Crippen molar-refractivity contribution in [2.24, 2.45) is 4.99 Å². The Morgan fingerprint density at radius 1 is 1.38 bits per heavy atom. The van der Waals surface area contributed by atoms with E-state index in [1.807, 2.05) is 0 Å². The zero-order chi connectivity index (χ0) is 14.8. The van der Waals surface area contributed by atoms with Gasteiger partial charge in [0.05, 0.1) is 0 Å². The maximum Gasteiger partial charge on any atom is 0.243 e. The molecule has 1 amide bonds. The number of nitrogens with zero attached hydrogens (tertiary/aromatic N) is 3. The molecule has 1 N–H and O–H groups in total. The Balaban J connectivity index is 1.79. The quantitative estimate of drug-likeness (QED) is 0.672. The van der Waals surface area contributed by atoms with Gasteiger partial charge in [-0.2, -0.15) is 0 Å². The number of guanidine groups is 1. The van der Waals surface area contributed by atoms with Gasteiger partial charge in [0.2, 0.25) is 5.91 Å². The summed E-state index contributed by atoms with van der Waals surface area (Å²) in [5.41, 5.74) is 2.56. The fraction of sp³-hybridized carbons (Fsp3) is 0.500. The van der Waals surface area contributed by atoms with Crippen LogP contribution in [0.2, 0.25) is 0 Å². The Kier molecular flexibility index (Phi) is 3.82. The standard InChI is InChI=1S/C16H22N4O/c1-19(2)15(21)11-17-16(18-13-7-8-13)20-10-9-12-5-3-4-6-14(12)20/h3-6,13H,7-11H2,1-2H3,(H,17,18). The Labute approximate surface area is 125 Å². The van der Waals surface area contributed by atoms with Crippen molar-refractivity contribution >= 4 is 17.6 Å². The van der Waals surface area contributed by atoms with E-state index in [-0.39, 0.29) is 12.5 Å². The zero-order valence-electron chi connectivity index (χ0n) is 12.7. The highest BCUT2D eigenvalue weighted by Crippen LogP contribution is 2.28. The van der Waals surface area contributed by atoms with E-state index in [0.717, 1.165) is 18.9 Å². The third-order valence-electron chi connectivity index (χ3n) is 3.92. The average Bonchev–Trinajstić information content (AvgIpc) is 3.20. The molecule has 112 valence electrons. The van der Waals surface area contributed by atoms with E-state index >= 15 is 0 Å². The summed E-state index contributed by atoms with van der Waals surface area (Å²) in [5, 5.41) is 3.47. The first-order valence-corrected chi connectivity index (χ1v) is 7.52. The normalized spacial score (nSPS) is 17.6. The van der Waals surface area contributed by atoms with E-state index in [0.29, 0.717) is 6.04 Å². The molecule has 21 heavy (non-hydrogen) atoms. The molecule has 0 unspecified atom stereocenters. The molecule has 0 aromatic heterocycles. The van der Waals surface area contributed by atoms with Gasteiger partial charge in [0.1, 0.15) is 6.54 Å². The van der Waals surface area contributed by atoms with Crippen LogP contribution in [0.15, 0.2) is 29.3 Å². The van der Waals surface area contributed by atoms with Crippen LogP contribution in [0, 0.1) is 0 Å². The van der Waals surface area contributed by atoms with Crippen molar-refractivity contribution in [3.8, 4) is 0 Å². The molecule has 0 saturated heterocycles. The SMILES string of the molecule is CN(C)C(=O)CN=C(NC1CC1)N1CCc2ccccc21. The molecule has 3 rings (SSSR count). The number of fused-ring (bicyclic) bond motifs is 1. The molecule has 1 aromatic rings. The molecule has 0 atom stereocenters. The number of hydrogen-bond acceptors (Lipinski definition) is 2. The number of para-hydroxylation sites is 1. The summed E-state index contributed by atoms with van der Waals surface area (Å²) in [6, 6.07) is 8.93. The predicted molar refractivity (Wildman–Crippen MR) is 84.6 cm³/mol. The van der Waals surface area contributed by atoms with Crippen LogP contribution in [0.4, 0.5) is 5.69 Å². The molecule has 1 aromatic carbocycles. The van der Waals surface area contributed by atoms with E-state index in [1.54, 1.807) is 19.0 Å². The molecule has 1 aliphatic carbocycles. The molecular weight excluding hydrogens is 264 g/mol. The number of carbonyl (C=O) groups excluding carboxylic acids is 1. The second kappa shape index (κ2) is 5.76. The lowest BCUT2D eigenvalue weighted by molar-refractivity contribution is -0.127. The van der Waals surface area contributed by atoms with Crippen molar-refractivity contribution < 1.29 is 4.79 Å². The molecule has 0 bridgehead atoms. The summed E-state index contributed by atoms with van der Waals surface area (Å²) >= 11 is 0. The monoisotopic (exact) mass is 286 g/mol. The predicted octanol–water partition coefficient (Wildman–Crippen LogP) is 1.25. The van der Waals surface area contributed by atoms with Gasteiger partial charge in [-0.15, -0.1) is 0 Å². The first-order valence-electron chi connectivity index (χ1n) is 7.52. The topological polar surface area (TPSA) is 47.9 Å². The second-order valence-corrected chi connectivity index (χ2v) is 5.88. The fourth-order valence-corrected chi connectivity index (χ4v) is 2.46. The van der Waals surface area contributed by atoms with Crippen LogP contribution in [0.1, 0.15) is 18.4 Å². The molecule has 1 heterocycles. The summed E-state index contributed by atoms with van der Waals surface area (Å²) in [4.78, 5) is 20.1. The molecule has 0 spiro atoms. The number of amides is 1. The Morgan fingerprint density at radius 3 is 2.86 bits per heavy atom. The molecule has 1 fully saturated rings. The van der Waals surface area contributed by atoms with Crippen molar-refractivity contribution in [3.05, 3.63) is 29.8 Å². The second-order valence-electron chi connectivity index (χ2n) is 5.88. The number of carbonyl (C=O) groups is 1. The number of aliphatic imine (C=N–C) groups is 1. The van der Waals surface area contributed by atoms with Gasteiger partial charge in [-0.05, 0) is 30.9 Å². The van der Waals surface area contributed by atoms with Crippen molar-refractivity contribution in [1.82, 2.24) is 10.2 Å². The first kappa shape index (κ1) is 13.9. The summed E-state index contributed by atoms with van der Waals surface area (Å²) in [6.45, 7) is 1.12. The van der Waals surface area contributed by atoms with Gasteiger partial charge in [-0.3, -0.25) is 4.79 Å². The molecule has 2 aliphatic rings. The van der Waals surface area contributed by atoms with Gasteiger partial charge in [-0.25, -0.2) is 4.99 Å². The summed E-state index contributed by atoms with van der Waals surface area (Å²) in [5.74, 6) is 0.871. The van der Waals surface area contributed by atoms with Crippen LogP contribution < -0.4 is 10.2 Å². The third kappa shape index (κ3) is 3.17. The maximum atomic E-state index is 11.8. The maximum absolute atomic E-state index is 11.8. The van der Waals surface area contributed by atoms with Crippen molar-refractivity contribution in [1.29, 1.82) is 0 Å². The number of likely N-dealkylation sites (N-methyl/N-ethyl adjacent to an activating group) is 1. The van der Waals surface area contributed by atoms with Crippen molar-refractivity contribution in [2.75, 3.05) is 32.1 Å². The van der Waals surface area contributed by atoms with Crippen LogP contribution >= 0.6 is 0 Å². The molecule has 0 radical (unpaired) electrons. The Bertz CT molecular complexity index is 563. The lowest BCUT2D eigenvalue weighted by Crippen LogP contribution is -2.42. The molecular formula is C16H22N4O. The van der Waals surface area contributed by atoms with Crippen molar-refractivity contribution in [3.63, 3.8) is 0 Å². The van der Waals surface area contributed by atoms with Gasteiger partial charge >= 0.3 is 0 Å². The Morgan fingerprint density at radius 2 is 2.14 bits per heavy atom. The van der Waals surface area contributed by atoms with Crippen LogP contribution in [-0.2, 0) is 11.2 Å².